The number of anilines is 2. The van der Waals surface area contributed by atoms with E-state index in [1.54, 1.807) is 23.5 Å². The Morgan fingerprint density at radius 3 is 2.75 bits per heavy atom. The van der Waals surface area contributed by atoms with Crippen molar-refractivity contribution in [2.75, 3.05) is 11.9 Å². The maximum absolute atomic E-state index is 11.8. The molecule has 1 aromatic carbocycles. The first-order valence-electron chi connectivity index (χ1n) is 7.54. The molecule has 24 heavy (non-hydrogen) atoms. The van der Waals surface area contributed by atoms with Crippen molar-refractivity contribution >= 4 is 50.6 Å². The van der Waals surface area contributed by atoms with E-state index in [9.17, 15) is 4.79 Å². The first-order chi connectivity index (χ1) is 11.6. The van der Waals surface area contributed by atoms with E-state index in [2.05, 4.69) is 15.3 Å². The molecule has 0 saturated carbocycles. The number of benzene rings is 1. The molecule has 0 aliphatic rings. The van der Waals surface area contributed by atoms with Gasteiger partial charge in [0.25, 0.3) is 0 Å². The highest BCUT2D eigenvalue weighted by Gasteiger charge is 2.11. The second-order valence-electron chi connectivity index (χ2n) is 5.26. The summed E-state index contributed by atoms with van der Waals surface area (Å²) in [7, 11) is 0. The van der Waals surface area contributed by atoms with E-state index in [-0.39, 0.29) is 11.3 Å². The van der Waals surface area contributed by atoms with Gasteiger partial charge in [0.05, 0.1) is 17.6 Å². The van der Waals surface area contributed by atoms with Crippen LogP contribution in [0.25, 0.3) is 10.2 Å². The zero-order valence-electron chi connectivity index (χ0n) is 13.3. The van der Waals surface area contributed by atoms with Gasteiger partial charge in [-0.05, 0) is 55.3 Å². The summed E-state index contributed by atoms with van der Waals surface area (Å²) in [5.41, 5.74) is 1.33. The van der Waals surface area contributed by atoms with E-state index in [0.29, 0.717) is 18.0 Å². The van der Waals surface area contributed by atoms with Crippen molar-refractivity contribution in [3.8, 4) is 0 Å². The van der Waals surface area contributed by atoms with Gasteiger partial charge in [0.2, 0.25) is 5.28 Å². The number of carbonyl (C=O) groups excluding carboxylic acids is 1. The summed E-state index contributed by atoms with van der Waals surface area (Å²) in [6.45, 7) is 4.40. The van der Waals surface area contributed by atoms with Gasteiger partial charge in [-0.1, -0.05) is 6.92 Å². The van der Waals surface area contributed by atoms with E-state index in [4.69, 9.17) is 16.3 Å². The second-order valence-corrected chi connectivity index (χ2v) is 6.83. The number of fused-ring (bicyclic) bond motifs is 1. The molecule has 3 rings (SSSR count). The zero-order valence-corrected chi connectivity index (χ0v) is 14.9. The number of aromatic nitrogens is 2. The van der Waals surface area contributed by atoms with Gasteiger partial charge >= 0.3 is 5.97 Å². The molecule has 0 saturated heterocycles. The number of nitrogens with one attached hydrogen (secondary N) is 1. The maximum atomic E-state index is 11.8. The molecule has 0 unspecified atom stereocenters. The lowest BCUT2D eigenvalue weighted by atomic mass is 10.2. The lowest BCUT2D eigenvalue weighted by Crippen LogP contribution is -2.05. The Bertz CT molecular complexity index is 877. The first kappa shape index (κ1) is 16.7. The average Bonchev–Trinajstić information content (AvgIpc) is 2.93. The number of rotatable bonds is 5. The summed E-state index contributed by atoms with van der Waals surface area (Å²) in [6, 6.07) is 9.08. The Morgan fingerprint density at radius 1 is 1.29 bits per heavy atom. The summed E-state index contributed by atoms with van der Waals surface area (Å²) in [5, 5.41) is 4.35. The van der Waals surface area contributed by atoms with Crippen molar-refractivity contribution in [1.29, 1.82) is 0 Å². The topological polar surface area (TPSA) is 64.1 Å². The molecular formula is C17H16ClN3O2S. The van der Waals surface area contributed by atoms with E-state index >= 15 is 0 Å². The fourth-order valence-corrected chi connectivity index (χ4v) is 3.31. The molecule has 3 aromatic rings. The Hall–Kier alpha value is -2.18. The molecule has 0 aliphatic heterocycles. The zero-order chi connectivity index (χ0) is 17.1. The van der Waals surface area contributed by atoms with Crippen LogP contribution < -0.4 is 5.32 Å². The number of nitrogens with zero attached hydrogens (tertiary/aromatic N) is 2. The van der Waals surface area contributed by atoms with Crippen molar-refractivity contribution in [1.82, 2.24) is 9.97 Å². The van der Waals surface area contributed by atoms with Crippen molar-refractivity contribution in [3.63, 3.8) is 0 Å². The number of halogens is 1. The van der Waals surface area contributed by atoms with Crippen LogP contribution in [0.3, 0.4) is 0 Å². The van der Waals surface area contributed by atoms with Crippen LogP contribution in [0.15, 0.2) is 30.3 Å². The lowest BCUT2D eigenvalue weighted by Gasteiger charge is -2.08. The summed E-state index contributed by atoms with van der Waals surface area (Å²) >= 11 is 7.57. The summed E-state index contributed by atoms with van der Waals surface area (Å²) < 4.78 is 5.12. The molecule has 0 radical (unpaired) electrons. The van der Waals surface area contributed by atoms with Gasteiger partial charge in [0, 0.05) is 10.6 Å². The smallest absolute Gasteiger partial charge is 0.338 e. The Kier molecular flexibility index (Phi) is 4.97. The van der Waals surface area contributed by atoms with Gasteiger partial charge in [-0.15, -0.1) is 11.3 Å². The highest BCUT2D eigenvalue weighted by molar-refractivity contribution is 7.18. The fourth-order valence-electron chi connectivity index (χ4n) is 2.22. The molecule has 1 N–H and O–H groups in total. The van der Waals surface area contributed by atoms with Crippen LogP contribution in [0, 0.1) is 6.92 Å². The van der Waals surface area contributed by atoms with Crippen molar-refractivity contribution in [2.45, 2.75) is 20.3 Å². The van der Waals surface area contributed by atoms with E-state index in [1.807, 2.05) is 32.0 Å². The number of ether oxygens (including phenoxy) is 1. The minimum atomic E-state index is -0.315. The molecule has 2 aromatic heterocycles. The monoisotopic (exact) mass is 361 g/mol. The van der Waals surface area contributed by atoms with E-state index < -0.39 is 0 Å². The average molecular weight is 362 g/mol. The van der Waals surface area contributed by atoms with Gasteiger partial charge in [0.1, 0.15) is 10.6 Å². The van der Waals surface area contributed by atoms with Crippen molar-refractivity contribution in [3.05, 3.63) is 46.1 Å². The van der Waals surface area contributed by atoms with E-state index in [0.717, 1.165) is 27.2 Å². The Balaban J connectivity index is 1.83. The summed E-state index contributed by atoms with van der Waals surface area (Å²) in [5.74, 6) is 0.333. The van der Waals surface area contributed by atoms with Crippen molar-refractivity contribution < 1.29 is 9.53 Å². The highest BCUT2D eigenvalue weighted by atomic mass is 35.5. The number of aryl methyl sites for hydroxylation is 1. The quantitative estimate of drug-likeness (QED) is 0.513. The minimum absolute atomic E-state index is 0.201. The molecule has 0 amide bonds. The van der Waals surface area contributed by atoms with Crippen LogP contribution >= 0.6 is 22.9 Å². The number of esters is 1. The number of hydrogen-bond donors (Lipinski definition) is 1. The normalized spacial score (nSPS) is 10.8. The molecule has 0 fully saturated rings. The molecule has 0 atom stereocenters. The first-order valence-corrected chi connectivity index (χ1v) is 8.74. The molecule has 5 nitrogen and oxygen atoms in total. The standard InChI is InChI=1S/C17H16ClN3O2S/c1-3-8-23-16(22)11-4-6-12(7-5-11)19-14-13-9-10(2)24-15(13)21-17(18)20-14/h4-7,9H,3,8H2,1-2H3,(H,19,20,21). The molecule has 124 valence electrons. The van der Waals surface area contributed by atoms with Gasteiger partial charge in [-0.3, -0.25) is 0 Å². The minimum Gasteiger partial charge on any atom is -0.462 e. The summed E-state index contributed by atoms with van der Waals surface area (Å²) in [4.78, 5) is 22.3. The third kappa shape index (κ3) is 3.66. The van der Waals surface area contributed by atoms with Gasteiger partial charge in [-0.25, -0.2) is 9.78 Å². The molecule has 7 heteroatoms. The predicted octanol–water partition coefficient (Wildman–Crippen LogP) is 4.96. The van der Waals surface area contributed by atoms with Crippen LogP contribution in [-0.2, 0) is 4.74 Å². The maximum Gasteiger partial charge on any atom is 0.338 e. The SMILES string of the molecule is CCCOC(=O)c1ccc(Nc2nc(Cl)nc3sc(C)cc23)cc1. The van der Waals surface area contributed by atoms with Gasteiger partial charge in [0.15, 0.2) is 0 Å². The second kappa shape index (κ2) is 7.15. The fraction of sp³-hybridized carbons (Fsp3) is 0.235. The van der Waals surface area contributed by atoms with Crippen LogP contribution in [0.2, 0.25) is 5.28 Å². The third-order valence-electron chi connectivity index (χ3n) is 3.31. The predicted molar refractivity (Wildman–Crippen MR) is 97.5 cm³/mol. The number of thiophene rings is 1. The van der Waals surface area contributed by atoms with Crippen LogP contribution in [-0.4, -0.2) is 22.5 Å². The molecule has 0 spiro atoms. The van der Waals surface area contributed by atoms with Crippen LogP contribution in [0.4, 0.5) is 11.5 Å². The largest absolute Gasteiger partial charge is 0.462 e. The van der Waals surface area contributed by atoms with Crippen LogP contribution in [0.5, 0.6) is 0 Å². The highest BCUT2D eigenvalue weighted by Crippen LogP contribution is 2.31. The van der Waals surface area contributed by atoms with Crippen molar-refractivity contribution in [2.24, 2.45) is 0 Å². The molecular weight excluding hydrogens is 346 g/mol. The van der Waals surface area contributed by atoms with E-state index in [1.165, 1.54) is 0 Å². The summed E-state index contributed by atoms with van der Waals surface area (Å²) in [6.07, 6.45) is 0.801. The van der Waals surface area contributed by atoms with Crippen LogP contribution in [0.1, 0.15) is 28.6 Å². The molecule has 2 heterocycles. The van der Waals surface area contributed by atoms with Gasteiger partial charge in [-0.2, -0.15) is 4.98 Å². The third-order valence-corrected chi connectivity index (χ3v) is 4.42. The number of carbonyl (C=O) groups is 1. The Labute approximate surface area is 148 Å². The molecule has 0 bridgehead atoms. The number of hydrogen-bond acceptors (Lipinski definition) is 6. The Morgan fingerprint density at radius 2 is 2.04 bits per heavy atom. The lowest BCUT2D eigenvalue weighted by molar-refractivity contribution is 0.0505. The van der Waals surface area contributed by atoms with Gasteiger partial charge < -0.3 is 10.1 Å². The molecule has 0 aliphatic carbocycles.